The van der Waals surface area contributed by atoms with Crippen LogP contribution in [0, 0.1) is 5.92 Å². The molecule has 10 amide bonds. The van der Waals surface area contributed by atoms with Gasteiger partial charge < -0.3 is 101 Å². The number of hydrogen-bond donors (Lipinski definition) is 18. The number of rotatable bonds is 31. The Labute approximate surface area is 518 Å². The minimum atomic E-state index is -2.82. The fourth-order valence-corrected chi connectivity index (χ4v) is 8.99. The van der Waals surface area contributed by atoms with Crippen molar-refractivity contribution in [1.82, 2.24) is 53.2 Å². The van der Waals surface area contributed by atoms with E-state index in [-0.39, 0.29) is 64.2 Å². The summed E-state index contributed by atoms with van der Waals surface area (Å²) in [6, 6.07) is -15.4. The molecule has 0 aliphatic carbocycles. The number of aliphatic carboxylic acids is 1. The van der Waals surface area contributed by atoms with E-state index in [2.05, 4.69) is 49.5 Å². The molecule has 0 spiro atoms. The van der Waals surface area contributed by atoms with Crippen LogP contribution in [0.5, 0.6) is 0 Å². The van der Waals surface area contributed by atoms with Gasteiger partial charge in [0.25, 0.3) is 5.91 Å². The van der Waals surface area contributed by atoms with Crippen LogP contribution in [0.25, 0.3) is 0 Å². The van der Waals surface area contributed by atoms with Gasteiger partial charge in [-0.15, -0.1) is 11.6 Å². The minimum absolute atomic E-state index is 0.140. The molecule has 0 unspecified atom stereocenters. The molecule has 0 aromatic carbocycles. The van der Waals surface area contributed by atoms with Crippen LogP contribution in [0.4, 0.5) is 0 Å². The van der Waals surface area contributed by atoms with E-state index >= 15 is 0 Å². The Hall–Kier alpha value is -6.61. The predicted molar refractivity (Wildman–Crippen MR) is 320 cm³/mol. The Morgan fingerprint density at radius 1 is 0.614 bits per heavy atom. The van der Waals surface area contributed by atoms with Gasteiger partial charge in [-0.3, -0.25) is 47.9 Å². The predicted octanol–water partition coefficient (Wildman–Crippen LogP) is -4.08. The average molecular weight is 1280 g/mol. The Morgan fingerprint density at radius 2 is 1.14 bits per heavy atom. The van der Waals surface area contributed by atoms with Crippen molar-refractivity contribution in [2.24, 2.45) is 23.1 Å². The lowest BCUT2D eigenvalue weighted by Gasteiger charge is -2.29. The minimum Gasteiger partial charge on any atom is -0.479 e. The highest BCUT2D eigenvalue weighted by atomic mass is 35.5. The van der Waals surface area contributed by atoms with Crippen molar-refractivity contribution in [1.29, 1.82) is 0 Å². The van der Waals surface area contributed by atoms with Gasteiger partial charge in [0.1, 0.15) is 54.6 Å². The lowest BCUT2D eigenvalue weighted by molar-refractivity contribution is -0.155. The molecule has 1 heterocycles. The summed E-state index contributed by atoms with van der Waals surface area (Å²) in [4.78, 5) is 166. The normalized spacial score (nSPS) is 23.8. The van der Waals surface area contributed by atoms with E-state index in [0.29, 0.717) is 19.3 Å². The number of aliphatic hydroxyl groups excluding tert-OH is 4. The molecule has 0 saturated carbocycles. The number of amides is 10. The first-order chi connectivity index (χ1) is 41.7. The number of halogens is 1. The number of ether oxygens (including phenoxy) is 1. The van der Waals surface area contributed by atoms with Crippen molar-refractivity contribution >= 4 is 82.6 Å². The van der Waals surface area contributed by atoms with E-state index < -0.39 is 175 Å². The number of allylic oxidation sites excluding steroid dienone is 1. The van der Waals surface area contributed by atoms with Crippen LogP contribution in [0.15, 0.2) is 11.8 Å². The first-order valence-electron chi connectivity index (χ1n) is 30.1. The smallest absolute Gasteiger partial charge is 0.335 e. The zero-order chi connectivity index (χ0) is 66.5. The van der Waals surface area contributed by atoms with E-state index in [4.69, 9.17) is 33.5 Å². The second-order valence-corrected chi connectivity index (χ2v) is 22.3. The summed E-state index contributed by atoms with van der Waals surface area (Å²) in [5.41, 5.74) is 16.7. The maximum atomic E-state index is 14.4. The van der Waals surface area contributed by atoms with E-state index in [0.717, 1.165) is 64.4 Å². The summed E-state index contributed by atoms with van der Waals surface area (Å²) in [7, 11) is 0. The van der Waals surface area contributed by atoms with Crippen LogP contribution in [-0.2, 0) is 62.3 Å². The summed E-state index contributed by atoms with van der Waals surface area (Å²) in [6.07, 6.45) is 0.884. The van der Waals surface area contributed by atoms with E-state index in [1.54, 1.807) is 0 Å². The molecular formula is C56H98ClN13O18. The van der Waals surface area contributed by atoms with Gasteiger partial charge in [0.2, 0.25) is 53.2 Å². The number of nitrogens with two attached hydrogens (primary N) is 3. The molecule has 32 heteroatoms. The number of carboxylic acid groups (broad SMARTS) is 1. The molecule has 1 aliphatic rings. The molecule has 1 rings (SSSR count). The Kier molecular flexibility index (Phi) is 39.6. The first kappa shape index (κ1) is 79.4. The Morgan fingerprint density at radius 3 is 1.66 bits per heavy atom. The maximum absolute atomic E-state index is 14.4. The van der Waals surface area contributed by atoms with E-state index in [1.165, 1.54) is 6.92 Å². The standard InChI is InChI=1S/C56H98ClN13O18/c1-6-8-9-10-11-12-13-14-15-18-33(72)27-42(75)62-39-30-88-56(87)44(40(73)29-57)69-54(84)45(46(76)55(85)86)70-47(77)34(7-2)63-53(83)43(32(5)71)68-50(80)37(21-25-60)65-48(78)35(19-16-17-23-58)64-51(81)38(28-41(74)61-26-22-31(3)4)67-49(79)36(20-24-59)66-52(39)82/h7,31-33,35-40,43-46,71-73,76H,6,8-30,58-60H2,1-5H3,(H,61,74)(H,62,75)(H,63,83)(H,64,81)(H,65,78)(H,66,82)(H,67,79)(H,68,80)(H,69,84)(H,70,77)(H,85,86)/b34-7-/t32-,33+,35-,36+,37-,38-,39-,40+,43-,44-,45-,46-/m0/s1. The van der Waals surface area contributed by atoms with Crippen molar-refractivity contribution in [3.8, 4) is 0 Å². The van der Waals surface area contributed by atoms with Gasteiger partial charge in [-0.2, -0.15) is 0 Å². The molecule has 0 aromatic rings. The number of aliphatic hydroxyl groups is 4. The average Bonchev–Trinajstić information content (AvgIpc) is 3.68. The molecule has 502 valence electrons. The second kappa shape index (κ2) is 43.9. The molecule has 12 atom stereocenters. The fourth-order valence-electron chi connectivity index (χ4n) is 8.81. The number of carbonyl (C=O) groups is 12. The number of esters is 1. The third-order valence-corrected chi connectivity index (χ3v) is 14.3. The van der Waals surface area contributed by atoms with Gasteiger partial charge in [-0.25, -0.2) is 9.59 Å². The zero-order valence-corrected chi connectivity index (χ0v) is 52.0. The van der Waals surface area contributed by atoms with Crippen LogP contribution in [0.3, 0.4) is 0 Å². The number of carbonyl (C=O) groups excluding carboxylic acids is 11. The van der Waals surface area contributed by atoms with Crippen LogP contribution < -0.4 is 70.4 Å². The molecule has 0 bridgehead atoms. The molecule has 1 saturated heterocycles. The highest BCUT2D eigenvalue weighted by Gasteiger charge is 2.41. The monoisotopic (exact) mass is 1280 g/mol. The van der Waals surface area contributed by atoms with Crippen molar-refractivity contribution < 1.29 is 87.8 Å². The molecule has 0 radical (unpaired) electrons. The van der Waals surface area contributed by atoms with Crippen LogP contribution in [-0.4, -0.2) is 208 Å². The van der Waals surface area contributed by atoms with Crippen molar-refractivity contribution in [2.75, 3.05) is 38.7 Å². The van der Waals surface area contributed by atoms with Gasteiger partial charge in [0.15, 0.2) is 12.1 Å². The molecule has 1 fully saturated rings. The van der Waals surface area contributed by atoms with Crippen molar-refractivity contribution in [3.63, 3.8) is 0 Å². The second-order valence-electron chi connectivity index (χ2n) is 22.0. The van der Waals surface area contributed by atoms with Gasteiger partial charge in [0.05, 0.1) is 37.0 Å². The Bertz CT molecular complexity index is 2300. The highest BCUT2D eigenvalue weighted by molar-refractivity contribution is 6.18. The summed E-state index contributed by atoms with van der Waals surface area (Å²) < 4.78 is 5.34. The van der Waals surface area contributed by atoms with Gasteiger partial charge >= 0.3 is 11.9 Å². The topological polar surface area (TPSA) is 514 Å². The number of cyclic esters (lactones) is 1. The van der Waals surface area contributed by atoms with Crippen LogP contribution in [0.1, 0.15) is 150 Å². The first-order valence-corrected chi connectivity index (χ1v) is 30.7. The number of carboxylic acids is 1. The van der Waals surface area contributed by atoms with Crippen LogP contribution >= 0.6 is 11.6 Å². The summed E-state index contributed by atoms with van der Waals surface area (Å²) in [5, 5.41) is 76.0. The molecule has 21 N–H and O–H groups in total. The van der Waals surface area contributed by atoms with Crippen molar-refractivity contribution in [2.45, 2.75) is 223 Å². The van der Waals surface area contributed by atoms with Gasteiger partial charge in [-0.1, -0.05) is 84.6 Å². The third-order valence-electron chi connectivity index (χ3n) is 14.0. The fraction of sp³-hybridized carbons (Fsp3) is 0.750. The largest absolute Gasteiger partial charge is 0.479 e. The maximum Gasteiger partial charge on any atom is 0.335 e. The Balaban J connectivity index is 4.12. The SMILES string of the molecule is C/C=C1\NC(=O)[C@H]([C@H](C)O)NC(=O)[C@H](CCN)NC(=O)[C@H](CCCCN)NC(=O)[C@H](CC(=O)NCCC(C)C)NC(=O)[C@@H](CCN)NC(=O)[C@@H](NC(=O)C[C@H](O)CCCCCCCCCCC)COC(=O)[C@H]([C@H](O)CCl)NC(=O)[C@H]([C@H](O)C(=O)O)NC1=O. The molecule has 31 nitrogen and oxygen atoms in total. The molecule has 1 aliphatic heterocycles. The van der Waals surface area contributed by atoms with Crippen molar-refractivity contribution in [3.05, 3.63) is 11.8 Å². The molecule has 0 aromatic heterocycles. The number of alkyl halides is 1. The number of hydrogen-bond acceptors (Lipinski definition) is 20. The quantitative estimate of drug-likeness (QED) is 0.0136. The molecule has 88 heavy (non-hydrogen) atoms. The summed E-state index contributed by atoms with van der Waals surface area (Å²) >= 11 is 5.90. The van der Waals surface area contributed by atoms with Gasteiger partial charge in [-0.05, 0) is 84.3 Å². The number of unbranched alkanes of at least 4 members (excludes halogenated alkanes) is 9. The summed E-state index contributed by atoms with van der Waals surface area (Å²) in [5.74, 6) is -16.2. The van der Waals surface area contributed by atoms with Crippen LogP contribution in [0.2, 0.25) is 0 Å². The third kappa shape index (κ3) is 30.5. The zero-order valence-electron chi connectivity index (χ0n) is 51.2. The molecular weight excluding hydrogens is 1180 g/mol. The number of nitrogens with one attached hydrogen (secondary N) is 10. The lowest BCUT2D eigenvalue weighted by atomic mass is 10.0. The highest BCUT2D eigenvalue weighted by Crippen LogP contribution is 2.14. The van der Waals surface area contributed by atoms with E-state index in [9.17, 15) is 83.1 Å². The van der Waals surface area contributed by atoms with Gasteiger partial charge in [0, 0.05) is 6.54 Å². The van der Waals surface area contributed by atoms with E-state index in [1.807, 2.05) is 24.5 Å². The lowest BCUT2D eigenvalue weighted by Crippen LogP contribution is -2.62. The summed E-state index contributed by atoms with van der Waals surface area (Å²) in [6.45, 7) is 6.72.